The molecule has 0 atom stereocenters. The van der Waals surface area contributed by atoms with Gasteiger partial charge in [0.1, 0.15) is 32.7 Å². The number of fused-ring (bicyclic) bond motifs is 7. The second-order valence-corrected chi connectivity index (χ2v) is 33.4. The van der Waals surface area contributed by atoms with E-state index in [9.17, 15) is 52.7 Å². The molecule has 16 rings (SSSR count). The van der Waals surface area contributed by atoms with Crippen LogP contribution >= 0.6 is 23.2 Å². The second-order valence-electron chi connectivity index (χ2n) is 32.7. The summed E-state index contributed by atoms with van der Waals surface area (Å²) in [6.45, 7) is 32.9. The quantitative estimate of drug-likeness (QED) is 0.0840. The minimum absolute atomic E-state index is 0. The number of hydrogen-bond acceptors (Lipinski definition) is 22. The summed E-state index contributed by atoms with van der Waals surface area (Å²) in [6.07, 6.45) is 5.98. The molecule has 11 amide bonds. The van der Waals surface area contributed by atoms with E-state index in [0.717, 1.165) is 77.4 Å². The van der Waals surface area contributed by atoms with Crippen LogP contribution in [0.5, 0.6) is 0 Å². The molecule has 0 bridgehead atoms. The Morgan fingerprint density at radius 3 is 1.20 bits per heavy atom. The van der Waals surface area contributed by atoms with Gasteiger partial charge >= 0.3 is 31.5 Å². The number of aromatic nitrogens is 4. The highest BCUT2D eigenvalue weighted by atomic mass is 35.5. The van der Waals surface area contributed by atoms with E-state index in [2.05, 4.69) is 35.9 Å². The van der Waals surface area contributed by atoms with E-state index in [4.69, 9.17) is 56.2 Å². The maximum atomic E-state index is 12.9. The van der Waals surface area contributed by atoms with Gasteiger partial charge in [-0.3, -0.25) is 43.5 Å². The first-order chi connectivity index (χ1) is 53.4. The monoisotopic (exact) mass is 1610 g/mol. The molecular formula is C83H94BCl2N11O18. The molecular weight excluding hydrogens is 1520 g/mol. The van der Waals surface area contributed by atoms with Crippen LogP contribution in [0.15, 0.2) is 104 Å². The summed E-state index contributed by atoms with van der Waals surface area (Å²) in [5, 5.41) is 8.93. The minimum atomic E-state index is -0.736. The lowest BCUT2D eigenvalue weighted by Crippen LogP contribution is -2.41. The number of imide groups is 4. The van der Waals surface area contributed by atoms with Gasteiger partial charge in [-0.1, -0.05) is 54.9 Å². The fourth-order valence-corrected chi connectivity index (χ4v) is 13.3. The van der Waals surface area contributed by atoms with Crippen LogP contribution in [0, 0.1) is 0 Å². The number of nitrogens with zero attached hydrogens (tertiary/aromatic N) is 8. The molecule has 0 aliphatic carbocycles. The zero-order valence-electron chi connectivity index (χ0n) is 66.4. The number of benzene rings is 3. The minimum Gasteiger partial charge on any atom is -0.443 e. The highest BCUT2D eigenvalue weighted by Crippen LogP contribution is 2.39. The van der Waals surface area contributed by atoms with Gasteiger partial charge in [0.15, 0.2) is 0 Å². The first kappa shape index (κ1) is 86.4. The van der Waals surface area contributed by atoms with Gasteiger partial charge in [0.25, 0.3) is 41.4 Å². The molecule has 29 nitrogen and oxygen atoms in total. The van der Waals surface area contributed by atoms with E-state index in [-0.39, 0.29) is 62.4 Å². The molecule has 3 N–H and O–H groups in total. The number of amides is 11. The van der Waals surface area contributed by atoms with Gasteiger partial charge in [-0.25, -0.2) is 48.7 Å². The van der Waals surface area contributed by atoms with Crippen LogP contribution in [0.2, 0.25) is 10.3 Å². The molecule has 13 heterocycles. The van der Waals surface area contributed by atoms with Gasteiger partial charge in [-0.15, -0.1) is 0 Å². The van der Waals surface area contributed by atoms with E-state index in [0.29, 0.717) is 86.1 Å². The Balaban J connectivity index is 0.000000154. The first-order valence-corrected chi connectivity index (χ1v) is 37.7. The molecule has 115 heavy (non-hydrogen) atoms. The largest absolute Gasteiger partial charge is 0.494 e. The Bertz CT molecular complexity index is 5060. The molecule has 0 spiro atoms. The number of rotatable bonds is 3. The maximum Gasteiger partial charge on any atom is 0.494 e. The van der Waals surface area contributed by atoms with Crippen LogP contribution in [0.4, 0.5) is 19.2 Å². The van der Waals surface area contributed by atoms with Gasteiger partial charge in [0.05, 0.1) is 48.8 Å². The number of pyridine rings is 4. The average Bonchev–Trinajstić information content (AvgIpc) is 1.62. The van der Waals surface area contributed by atoms with Crippen LogP contribution in [-0.2, 0) is 78.8 Å². The Morgan fingerprint density at radius 2 is 0.757 bits per heavy atom. The molecule has 2 fully saturated rings. The van der Waals surface area contributed by atoms with Crippen LogP contribution in [0.25, 0.3) is 22.5 Å². The van der Waals surface area contributed by atoms with E-state index in [1.165, 1.54) is 31.4 Å². The van der Waals surface area contributed by atoms with Crippen molar-refractivity contribution < 1.29 is 85.7 Å². The summed E-state index contributed by atoms with van der Waals surface area (Å²) in [4.78, 5) is 154. The Hall–Kier alpha value is -11.0. The zero-order chi connectivity index (χ0) is 83.1. The van der Waals surface area contributed by atoms with Crippen LogP contribution in [0.1, 0.15) is 242 Å². The molecule has 0 unspecified atom stereocenters. The molecule has 0 radical (unpaired) electrons. The third-order valence-electron chi connectivity index (χ3n) is 19.0. The lowest BCUT2D eigenvalue weighted by Gasteiger charge is -2.32. The van der Waals surface area contributed by atoms with E-state index >= 15 is 0 Å². The number of carbonyl (C=O) groups excluding carboxylic acids is 11. The van der Waals surface area contributed by atoms with Gasteiger partial charge in [0, 0.05) is 130 Å². The van der Waals surface area contributed by atoms with Crippen LogP contribution in [-0.4, -0.2) is 159 Å². The number of nitrogens with one attached hydrogen (secondary N) is 3. The summed E-state index contributed by atoms with van der Waals surface area (Å²) >= 11 is 11.6. The summed E-state index contributed by atoms with van der Waals surface area (Å²) in [5.41, 5.74) is 9.21. The van der Waals surface area contributed by atoms with Crippen molar-refractivity contribution in [3.05, 3.63) is 192 Å². The second kappa shape index (κ2) is 33.8. The topological polar surface area (TPSA) is 353 Å². The normalized spacial score (nSPS) is 16.7. The highest BCUT2D eigenvalue weighted by Gasteiger charge is 2.52. The van der Waals surface area contributed by atoms with Gasteiger partial charge < -0.3 is 48.9 Å². The van der Waals surface area contributed by atoms with Crippen molar-refractivity contribution >= 4 is 102 Å². The lowest BCUT2D eigenvalue weighted by molar-refractivity contribution is 0.00578. The molecule has 9 aliphatic rings. The summed E-state index contributed by atoms with van der Waals surface area (Å²) in [5.74, 6) is -1.76. The van der Waals surface area contributed by atoms with E-state index in [1.807, 2.05) is 58.0 Å². The smallest absolute Gasteiger partial charge is 0.443 e. The molecule has 32 heteroatoms. The predicted octanol–water partition coefficient (Wildman–Crippen LogP) is 13.7. The molecule has 3 aromatic carbocycles. The molecule has 606 valence electrons. The van der Waals surface area contributed by atoms with Crippen molar-refractivity contribution in [2.75, 3.05) is 13.2 Å². The third kappa shape index (κ3) is 19.7. The summed E-state index contributed by atoms with van der Waals surface area (Å²) in [7, 11) is -0.504. The maximum absolute atomic E-state index is 12.9. The predicted molar refractivity (Wildman–Crippen MR) is 425 cm³/mol. The average molecular weight is 1620 g/mol. The number of halogens is 2. The van der Waals surface area contributed by atoms with Crippen LogP contribution in [0.3, 0.4) is 0 Å². The van der Waals surface area contributed by atoms with Gasteiger partial charge in [-0.2, -0.15) is 0 Å². The molecule has 0 saturated carbocycles. The molecule has 7 aromatic rings. The Morgan fingerprint density at radius 1 is 0.409 bits per heavy atom. The fraction of sp³-hybridized carbons (Fsp3) is 0.410. The van der Waals surface area contributed by atoms with Crippen molar-refractivity contribution in [1.82, 2.24) is 55.5 Å². The zero-order valence-corrected chi connectivity index (χ0v) is 67.9. The van der Waals surface area contributed by atoms with E-state index in [1.54, 1.807) is 138 Å². The SMILES string of the molecule is C.C1CCOC1.CC(C)(C)OC(=O)N1Cc2c(ccnc2Cl)C1=O.CC(C)(C)OC(=O)N1Cc2cc(-c3nccc4c3CN(C(=O)OC(C)(C)C)C4=O)ccc2C1=O.CC(C)(C)OC(=O)N1Cc2cc(B3OC(C)(C)C(C)(C)O3)ccc2C1=O.O=C1NCc2c1ccnc2Cl.O=C1NCc2cc(-c3nccc4c3CNC4=O)ccc21. The van der Waals surface area contributed by atoms with Gasteiger partial charge in [0.2, 0.25) is 0 Å². The van der Waals surface area contributed by atoms with Crippen molar-refractivity contribution in [2.24, 2.45) is 0 Å². The Labute approximate surface area is 677 Å². The third-order valence-corrected chi connectivity index (χ3v) is 19.7. The lowest BCUT2D eigenvalue weighted by atomic mass is 9.78. The van der Waals surface area contributed by atoms with Crippen molar-refractivity contribution in [1.29, 1.82) is 0 Å². The molecule has 4 aromatic heterocycles. The first-order valence-electron chi connectivity index (χ1n) is 37.0. The van der Waals surface area contributed by atoms with Crippen molar-refractivity contribution in [3.8, 4) is 22.5 Å². The summed E-state index contributed by atoms with van der Waals surface area (Å²) in [6, 6.07) is 22.8. The van der Waals surface area contributed by atoms with Crippen LogP contribution < -0.4 is 21.4 Å². The number of ether oxygens (including phenoxy) is 5. The van der Waals surface area contributed by atoms with E-state index < -0.39 is 82.8 Å². The van der Waals surface area contributed by atoms with Crippen molar-refractivity contribution in [3.63, 3.8) is 0 Å². The highest BCUT2D eigenvalue weighted by molar-refractivity contribution is 6.62. The Kier molecular flexibility index (Phi) is 25.4. The fourth-order valence-electron chi connectivity index (χ4n) is 12.9. The molecule has 2 saturated heterocycles. The number of carbonyl (C=O) groups is 11. The standard InChI is InChI=1S/C25H27N3O6.C19H26BNO5.C15H11N3O2.C12H13ClN2O3.C7H5ClN2O.C4H8O.CH4/c1-24(2,3)33-22(31)27-12-15-11-14(7-8-16(15)20(27)29)19-18-13-28(23(32)34-25(4,5)6)21(30)17(18)9-10-26-19;1-17(2,3)24-16(23)21-11-12-10-13(8-9-14(12)15(21)22)20-25-18(4,5)19(6,7)26-20;19-14-10-2-1-8(5-9(10)6-17-14)13-12-7-18-15(20)11(12)3-4-16-13;1-12(2,3)18-11(17)15-6-8-7(10(15)16)4-5-14-9(8)13;8-6-5-3-10-7(11)4(5)1-2-9-6;1-2-4-5-3-1;/h7-11H,12-13H2,1-6H3;8-10H,11H2,1-7H3;1-5H,6-7H2,(H,17,19)(H,18,20);4-5H,6H2,1-3H3;1-2H,3H2,(H,10,11);1-4H2;1H4. The van der Waals surface area contributed by atoms with Crippen molar-refractivity contribution in [2.45, 2.75) is 210 Å². The summed E-state index contributed by atoms with van der Waals surface area (Å²) < 4.78 is 38.3. The molecule has 9 aliphatic heterocycles. The number of hydrogen-bond donors (Lipinski definition) is 3. The van der Waals surface area contributed by atoms with Gasteiger partial charge in [-0.05, 0) is 200 Å².